The van der Waals surface area contributed by atoms with Crippen molar-refractivity contribution in [1.29, 1.82) is 0 Å². The molecule has 2 heterocycles. The molecule has 0 spiro atoms. The van der Waals surface area contributed by atoms with Crippen molar-refractivity contribution >= 4 is 5.97 Å². The SMILES string of the molecule is O=C(O)c1cn(Cc2ccc(C(F)c3ccon3)cc2)nn1. The summed E-state index contributed by atoms with van der Waals surface area (Å²) in [7, 11) is 0. The van der Waals surface area contributed by atoms with Gasteiger partial charge in [-0.15, -0.1) is 5.10 Å². The standard InChI is InChI=1S/C14H11FN4O3/c15-13(11-5-6-22-17-11)10-3-1-9(2-4-10)7-19-8-12(14(20)21)16-18-19/h1-6,8,13H,7H2,(H,20,21). The number of aromatic nitrogens is 4. The van der Waals surface area contributed by atoms with Crippen LogP contribution in [-0.2, 0) is 6.54 Å². The molecule has 0 radical (unpaired) electrons. The Morgan fingerprint density at radius 1 is 1.32 bits per heavy atom. The second kappa shape index (κ2) is 5.76. The maximum Gasteiger partial charge on any atom is 0.358 e. The normalized spacial score (nSPS) is 12.2. The molecule has 0 aliphatic carbocycles. The van der Waals surface area contributed by atoms with Gasteiger partial charge in [-0.3, -0.25) is 0 Å². The first-order chi connectivity index (χ1) is 10.6. The van der Waals surface area contributed by atoms with E-state index in [2.05, 4.69) is 20.0 Å². The van der Waals surface area contributed by atoms with Gasteiger partial charge in [0.05, 0.1) is 12.7 Å². The molecule has 0 aliphatic rings. The highest BCUT2D eigenvalue weighted by molar-refractivity contribution is 5.84. The van der Waals surface area contributed by atoms with Crippen molar-refractivity contribution < 1.29 is 18.8 Å². The van der Waals surface area contributed by atoms with Gasteiger partial charge in [-0.1, -0.05) is 34.6 Å². The first kappa shape index (κ1) is 13.9. The fraction of sp³-hybridized carbons (Fsp3) is 0.143. The van der Waals surface area contributed by atoms with Gasteiger partial charge in [0, 0.05) is 6.07 Å². The Kier molecular flexibility index (Phi) is 3.65. The van der Waals surface area contributed by atoms with Crippen LogP contribution in [0, 0.1) is 0 Å². The number of hydrogen-bond donors (Lipinski definition) is 1. The number of benzene rings is 1. The Labute approximate surface area is 124 Å². The van der Waals surface area contributed by atoms with Crippen LogP contribution in [0.25, 0.3) is 0 Å². The van der Waals surface area contributed by atoms with E-state index in [-0.39, 0.29) is 11.4 Å². The van der Waals surface area contributed by atoms with Gasteiger partial charge >= 0.3 is 5.97 Å². The van der Waals surface area contributed by atoms with E-state index in [1.54, 1.807) is 24.3 Å². The summed E-state index contributed by atoms with van der Waals surface area (Å²) in [5.41, 5.74) is 1.40. The van der Waals surface area contributed by atoms with Gasteiger partial charge in [0.2, 0.25) is 0 Å². The Bertz CT molecular complexity index is 768. The summed E-state index contributed by atoms with van der Waals surface area (Å²) in [5, 5.41) is 19.6. The highest BCUT2D eigenvalue weighted by atomic mass is 19.1. The first-order valence-electron chi connectivity index (χ1n) is 6.40. The molecule has 8 heteroatoms. The molecule has 0 saturated carbocycles. The van der Waals surface area contributed by atoms with Gasteiger partial charge in [-0.05, 0) is 11.1 Å². The molecular weight excluding hydrogens is 291 g/mol. The molecule has 3 rings (SSSR count). The maximum atomic E-state index is 14.1. The van der Waals surface area contributed by atoms with Crippen molar-refractivity contribution in [2.24, 2.45) is 0 Å². The van der Waals surface area contributed by atoms with E-state index in [1.165, 1.54) is 23.2 Å². The Morgan fingerprint density at radius 2 is 2.09 bits per heavy atom. The third-order valence-corrected chi connectivity index (χ3v) is 3.09. The Morgan fingerprint density at radius 3 is 2.68 bits per heavy atom. The van der Waals surface area contributed by atoms with Crippen molar-refractivity contribution in [2.75, 3.05) is 0 Å². The smallest absolute Gasteiger partial charge is 0.358 e. The van der Waals surface area contributed by atoms with E-state index >= 15 is 0 Å². The fourth-order valence-electron chi connectivity index (χ4n) is 1.98. The zero-order chi connectivity index (χ0) is 15.5. The topological polar surface area (TPSA) is 94.0 Å². The van der Waals surface area contributed by atoms with Gasteiger partial charge in [0.25, 0.3) is 0 Å². The quantitative estimate of drug-likeness (QED) is 0.775. The van der Waals surface area contributed by atoms with Crippen molar-refractivity contribution in [3.8, 4) is 0 Å². The summed E-state index contributed by atoms with van der Waals surface area (Å²) < 4.78 is 20.2. The molecule has 0 aliphatic heterocycles. The van der Waals surface area contributed by atoms with E-state index in [0.717, 1.165) is 5.56 Å². The molecule has 1 atom stereocenters. The summed E-state index contributed by atoms with van der Waals surface area (Å²) in [6, 6.07) is 8.24. The van der Waals surface area contributed by atoms with E-state index < -0.39 is 12.1 Å². The predicted octanol–water partition coefficient (Wildman–Crippen LogP) is 2.07. The van der Waals surface area contributed by atoms with Crippen LogP contribution < -0.4 is 0 Å². The molecule has 112 valence electrons. The zero-order valence-electron chi connectivity index (χ0n) is 11.3. The van der Waals surface area contributed by atoms with E-state index in [1.807, 2.05) is 0 Å². The first-order valence-corrected chi connectivity index (χ1v) is 6.40. The summed E-state index contributed by atoms with van der Waals surface area (Å²) in [6.45, 7) is 0.349. The van der Waals surface area contributed by atoms with E-state index in [9.17, 15) is 9.18 Å². The second-order valence-electron chi connectivity index (χ2n) is 4.63. The number of carboxylic acids is 1. The van der Waals surface area contributed by atoms with E-state index in [0.29, 0.717) is 12.1 Å². The summed E-state index contributed by atoms with van der Waals surface area (Å²) in [4.78, 5) is 10.7. The lowest BCUT2D eigenvalue weighted by Gasteiger charge is -2.06. The molecule has 7 nitrogen and oxygen atoms in total. The number of carboxylic acid groups (broad SMARTS) is 1. The molecule has 1 N–H and O–H groups in total. The predicted molar refractivity (Wildman–Crippen MR) is 72.0 cm³/mol. The molecule has 3 aromatic rings. The number of halogens is 1. The van der Waals surface area contributed by atoms with Crippen LogP contribution in [0.5, 0.6) is 0 Å². The van der Waals surface area contributed by atoms with Gasteiger partial charge in [0.15, 0.2) is 11.9 Å². The molecule has 2 aromatic heterocycles. The number of carbonyl (C=O) groups is 1. The van der Waals surface area contributed by atoms with Crippen LogP contribution in [0.2, 0.25) is 0 Å². The highest BCUT2D eigenvalue weighted by Crippen LogP contribution is 2.24. The summed E-state index contributed by atoms with van der Waals surface area (Å²) >= 11 is 0. The van der Waals surface area contributed by atoms with Crippen LogP contribution >= 0.6 is 0 Å². The molecular formula is C14H11FN4O3. The van der Waals surface area contributed by atoms with Crippen LogP contribution in [0.1, 0.15) is 33.5 Å². The summed E-state index contributed by atoms with van der Waals surface area (Å²) in [6.07, 6.45) is 1.31. The molecule has 1 unspecified atom stereocenters. The van der Waals surface area contributed by atoms with Gasteiger partial charge < -0.3 is 9.63 Å². The Hall–Kier alpha value is -3.03. The lowest BCUT2D eigenvalue weighted by molar-refractivity contribution is 0.0690. The zero-order valence-corrected chi connectivity index (χ0v) is 11.3. The van der Waals surface area contributed by atoms with Crippen LogP contribution in [0.15, 0.2) is 47.3 Å². The second-order valence-corrected chi connectivity index (χ2v) is 4.63. The molecule has 0 saturated heterocycles. The van der Waals surface area contributed by atoms with Crippen molar-refractivity contribution in [2.45, 2.75) is 12.7 Å². The number of rotatable bonds is 5. The summed E-state index contributed by atoms with van der Waals surface area (Å²) in [5.74, 6) is -1.13. The Balaban J connectivity index is 1.72. The minimum atomic E-state index is -1.35. The molecule has 0 fully saturated rings. The average molecular weight is 302 g/mol. The molecule has 0 bridgehead atoms. The minimum absolute atomic E-state index is 0.119. The molecule has 0 amide bonds. The third kappa shape index (κ3) is 2.85. The average Bonchev–Trinajstić information content (AvgIpc) is 3.19. The number of hydrogen-bond acceptors (Lipinski definition) is 5. The monoisotopic (exact) mass is 302 g/mol. The van der Waals surface area contributed by atoms with Crippen molar-refractivity contribution in [3.05, 3.63) is 65.3 Å². The fourth-order valence-corrected chi connectivity index (χ4v) is 1.98. The van der Waals surface area contributed by atoms with E-state index in [4.69, 9.17) is 5.11 Å². The van der Waals surface area contributed by atoms with Crippen LogP contribution in [0.4, 0.5) is 4.39 Å². The third-order valence-electron chi connectivity index (χ3n) is 3.09. The largest absolute Gasteiger partial charge is 0.476 e. The molecule has 22 heavy (non-hydrogen) atoms. The van der Waals surface area contributed by atoms with Crippen molar-refractivity contribution in [3.63, 3.8) is 0 Å². The van der Waals surface area contributed by atoms with Crippen molar-refractivity contribution in [1.82, 2.24) is 20.2 Å². The van der Waals surface area contributed by atoms with Crippen LogP contribution in [-0.4, -0.2) is 31.2 Å². The number of alkyl halides is 1. The maximum absolute atomic E-state index is 14.1. The van der Waals surface area contributed by atoms with Gasteiger partial charge in [-0.25, -0.2) is 13.9 Å². The lowest BCUT2D eigenvalue weighted by atomic mass is 10.1. The minimum Gasteiger partial charge on any atom is -0.476 e. The van der Waals surface area contributed by atoms with Gasteiger partial charge in [0.1, 0.15) is 12.0 Å². The molecule has 1 aromatic carbocycles. The lowest BCUT2D eigenvalue weighted by Crippen LogP contribution is -2.01. The number of nitrogens with zero attached hydrogens (tertiary/aromatic N) is 4. The van der Waals surface area contributed by atoms with Gasteiger partial charge in [-0.2, -0.15) is 0 Å². The number of aromatic carboxylic acids is 1. The van der Waals surface area contributed by atoms with Crippen LogP contribution in [0.3, 0.4) is 0 Å². The highest BCUT2D eigenvalue weighted by Gasteiger charge is 2.15.